The fourth-order valence-corrected chi connectivity index (χ4v) is 3.50. The second-order valence-electron chi connectivity index (χ2n) is 6.67. The van der Waals surface area contributed by atoms with Gasteiger partial charge in [0.25, 0.3) is 0 Å². The Morgan fingerprint density at radius 1 is 0.920 bits per heavy atom. The minimum absolute atomic E-state index is 0.518. The lowest BCUT2D eigenvalue weighted by atomic mass is 10.1. The van der Waals surface area contributed by atoms with Crippen LogP contribution in [-0.4, -0.2) is 42.6 Å². The molecule has 0 radical (unpaired) electrons. The monoisotopic (exact) mass is 336 g/mol. The van der Waals surface area contributed by atoms with Crippen molar-refractivity contribution in [2.45, 2.75) is 25.6 Å². The number of rotatable bonds is 7. The number of hydrogen-bond acceptors (Lipinski definition) is 3. The van der Waals surface area contributed by atoms with E-state index in [0.29, 0.717) is 6.04 Å². The maximum Gasteiger partial charge on any atom is 0.0785 e. The lowest BCUT2D eigenvalue weighted by Gasteiger charge is -2.41. The van der Waals surface area contributed by atoms with Crippen molar-refractivity contribution in [3.63, 3.8) is 0 Å². The summed E-state index contributed by atoms with van der Waals surface area (Å²) in [6.07, 6.45) is 4.97. The van der Waals surface area contributed by atoms with Crippen LogP contribution in [0.25, 0.3) is 0 Å². The van der Waals surface area contributed by atoms with Crippen LogP contribution < -0.4 is 0 Å². The van der Waals surface area contributed by atoms with E-state index in [2.05, 4.69) is 76.5 Å². The van der Waals surface area contributed by atoms with Gasteiger partial charge in [-0.3, -0.25) is 9.80 Å². The first-order valence-electron chi connectivity index (χ1n) is 9.07. The topological polar surface area (TPSA) is 15.7 Å². The van der Waals surface area contributed by atoms with Crippen molar-refractivity contribution in [3.8, 4) is 0 Å². The van der Waals surface area contributed by atoms with Crippen molar-refractivity contribution < 1.29 is 4.74 Å². The summed E-state index contributed by atoms with van der Waals surface area (Å²) in [6.45, 7) is 5.37. The van der Waals surface area contributed by atoms with E-state index in [1.807, 2.05) is 0 Å². The summed E-state index contributed by atoms with van der Waals surface area (Å²) in [5.74, 6) is 0. The summed E-state index contributed by atoms with van der Waals surface area (Å²) < 4.78 is 5.10. The molecule has 25 heavy (non-hydrogen) atoms. The first-order chi connectivity index (χ1) is 12.3. The van der Waals surface area contributed by atoms with Gasteiger partial charge in [0.15, 0.2) is 0 Å². The van der Waals surface area contributed by atoms with Crippen LogP contribution in [0.4, 0.5) is 0 Å². The van der Waals surface area contributed by atoms with Gasteiger partial charge in [0.05, 0.1) is 13.4 Å². The van der Waals surface area contributed by atoms with Crippen molar-refractivity contribution in [2.75, 3.05) is 26.7 Å². The van der Waals surface area contributed by atoms with E-state index in [9.17, 15) is 0 Å². The summed E-state index contributed by atoms with van der Waals surface area (Å²) in [5, 5.41) is 0. The molecule has 3 nitrogen and oxygen atoms in total. The predicted octanol–water partition coefficient (Wildman–Crippen LogP) is 3.92. The fourth-order valence-electron chi connectivity index (χ4n) is 3.50. The van der Waals surface area contributed by atoms with Gasteiger partial charge in [-0.1, -0.05) is 60.7 Å². The van der Waals surface area contributed by atoms with Crippen molar-refractivity contribution in [2.24, 2.45) is 0 Å². The molecule has 0 saturated carbocycles. The second kappa shape index (κ2) is 9.40. The highest BCUT2D eigenvalue weighted by Crippen LogP contribution is 2.19. The normalized spacial score (nSPS) is 19.3. The van der Waals surface area contributed by atoms with E-state index in [1.165, 1.54) is 11.1 Å². The molecule has 0 amide bonds. The SMILES string of the molecule is CO/C=C/C[C@H]1CN(Cc2ccccc2)CCN1Cc1ccccc1. The molecule has 1 atom stereocenters. The molecular formula is C22H28N2O. The lowest BCUT2D eigenvalue weighted by molar-refractivity contribution is 0.0651. The third-order valence-corrected chi connectivity index (χ3v) is 4.81. The summed E-state index contributed by atoms with van der Waals surface area (Å²) in [7, 11) is 1.71. The zero-order valence-corrected chi connectivity index (χ0v) is 15.1. The minimum Gasteiger partial charge on any atom is -0.505 e. The van der Waals surface area contributed by atoms with Gasteiger partial charge < -0.3 is 4.74 Å². The smallest absolute Gasteiger partial charge is 0.0785 e. The molecule has 1 fully saturated rings. The Labute approximate surface area is 151 Å². The van der Waals surface area contributed by atoms with Crippen molar-refractivity contribution in [3.05, 3.63) is 84.1 Å². The van der Waals surface area contributed by atoms with E-state index in [1.54, 1.807) is 13.4 Å². The van der Waals surface area contributed by atoms with Crippen LogP contribution in [0.5, 0.6) is 0 Å². The van der Waals surface area contributed by atoms with Gasteiger partial charge in [-0.05, 0) is 23.6 Å². The van der Waals surface area contributed by atoms with E-state index in [0.717, 1.165) is 39.1 Å². The zero-order chi connectivity index (χ0) is 17.3. The molecule has 0 N–H and O–H groups in total. The van der Waals surface area contributed by atoms with Gasteiger partial charge in [-0.2, -0.15) is 0 Å². The fraction of sp³-hybridized carbons (Fsp3) is 0.364. The number of hydrogen-bond donors (Lipinski definition) is 0. The van der Waals surface area contributed by atoms with Crippen molar-refractivity contribution in [1.82, 2.24) is 9.80 Å². The van der Waals surface area contributed by atoms with Gasteiger partial charge in [-0.25, -0.2) is 0 Å². The Kier molecular flexibility index (Phi) is 6.66. The molecule has 0 bridgehead atoms. The minimum atomic E-state index is 0.518. The zero-order valence-electron chi connectivity index (χ0n) is 15.1. The highest BCUT2D eigenvalue weighted by Gasteiger charge is 2.26. The van der Waals surface area contributed by atoms with Gasteiger partial charge in [-0.15, -0.1) is 0 Å². The average Bonchev–Trinajstić information content (AvgIpc) is 2.66. The Hall–Kier alpha value is -2.10. The summed E-state index contributed by atoms with van der Waals surface area (Å²) in [4.78, 5) is 5.18. The molecule has 2 aromatic carbocycles. The van der Waals surface area contributed by atoms with E-state index in [4.69, 9.17) is 4.74 Å². The van der Waals surface area contributed by atoms with Crippen LogP contribution in [0.2, 0.25) is 0 Å². The van der Waals surface area contributed by atoms with Crippen LogP contribution in [0.3, 0.4) is 0 Å². The highest BCUT2D eigenvalue weighted by molar-refractivity contribution is 5.16. The van der Waals surface area contributed by atoms with Crippen LogP contribution in [0.1, 0.15) is 17.5 Å². The van der Waals surface area contributed by atoms with E-state index < -0.39 is 0 Å². The maximum absolute atomic E-state index is 5.10. The van der Waals surface area contributed by atoms with Crippen LogP contribution in [0, 0.1) is 0 Å². The number of methoxy groups -OCH3 is 1. The predicted molar refractivity (Wildman–Crippen MR) is 103 cm³/mol. The summed E-state index contributed by atoms with van der Waals surface area (Å²) in [6, 6.07) is 22.1. The second-order valence-corrected chi connectivity index (χ2v) is 6.67. The van der Waals surface area contributed by atoms with Gasteiger partial charge in [0.2, 0.25) is 0 Å². The Bertz CT molecular complexity index is 642. The molecule has 1 saturated heterocycles. The Balaban J connectivity index is 1.64. The molecule has 0 unspecified atom stereocenters. The molecule has 3 heteroatoms. The molecule has 0 aliphatic carbocycles. The number of ether oxygens (including phenoxy) is 1. The molecule has 2 aromatic rings. The summed E-state index contributed by atoms with van der Waals surface area (Å²) >= 11 is 0. The van der Waals surface area contributed by atoms with Crippen LogP contribution in [0.15, 0.2) is 73.0 Å². The summed E-state index contributed by atoms with van der Waals surface area (Å²) in [5.41, 5.74) is 2.78. The molecule has 0 aromatic heterocycles. The largest absolute Gasteiger partial charge is 0.505 e. The first-order valence-corrected chi connectivity index (χ1v) is 9.07. The molecule has 3 rings (SSSR count). The number of piperazine rings is 1. The van der Waals surface area contributed by atoms with Gasteiger partial charge >= 0.3 is 0 Å². The van der Waals surface area contributed by atoms with Crippen molar-refractivity contribution in [1.29, 1.82) is 0 Å². The molecule has 1 aliphatic heterocycles. The molecule has 0 spiro atoms. The lowest BCUT2D eigenvalue weighted by Crippen LogP contribution is -2.52. The Morgan fingerprint density at radius 3 is 2.20 bits per heavy atom. The molecule has 1 aliphatic rings. The van der Waals surface area contributed by atoms with Gasteiger partial charge in [0, 0.05) is 38.8 Å². The van der Waals surface area contributed by atoms with E-state index in [-0.39, 0.29) is 0 Å². The van der Waals surface area contributed by atoms with Gasteiger partial charge in [0.1, 0.15) is 0 Å². The molecule has 1 heterocycles. The van der Waals surface area contributed by atoms with Crippen molar-refractivity contribution >= 4 is 0 Å². The number of nitrogens with zero attached hydrogens (tertiary/aromatic N) is 2. The highest BCUT2D eigenvalue weighted by atomic mass is 16.5. The third kappa shape index (κ3) is 5.45. The first kappa shape index (κ1) is 17.7. The quantitative estimate of drug-likeness (QED) is 0.713. The standard InChI is InChI=1S/C22H28N2O/c1-25-16-8-13-22-19-23(17-20-9-4-2-5-10-20)14-15-24(22)18-21-11-6-3-7-12-21/h2-12,16,22H,13-15,17-19H2,1H3/b16-8+/t22-/m0/s1. The number of benzene rings is 2. The van der Waals surface area contributed by atoms with Crippen LogP contribution >= 0.6 is 0 Å². The Morgan fingerprint density at radius 2 is 1.56 bits per heavy atom. The average molecular weight is 336 g/mol. The maximum atomic E-state index is 5.10. The molecule has 132 valence electrons. The molecular weight excluding hydrogens is 308 g/mol. The van der Waals surface area contributed by atoms with Crippen LogP contribution in [-0.2, 0) is 17.8 Å². The van der Waals surface area contributed by atoms with E-state index >= 15 is 0 Å². The third-order valence-electron chi connectivity index (χ3n) is 4.81.